The van der Waals surface area contributed by atoms with Crippen LogP contribution in [0.2, 0.25) is 0 Å². The molecule has 3 aromatic rings. The molecule has 1 aromatic heterocycles. The first-order chi connectivity index (χ1) is 11.5. The summed E-state index contributed by atoms with van der Waals surface area (Å²) >= 11 is 4.54. The summed E-state index contributed by atoms with van der Waals surface area (Å²) in [7, 11) is 1.44. The minimum Gasteiger partial charge on any atom is -0.286 e. The number of rotatable bonds is 3. The van der Waals surface area contributed by atoms with E-state index in [1.54, 1.807) is 0 Å². The van der Waals surface area contributed by atoms with E-state index in [9.17, 15) is 13.6 Å². The molecule has 4 nitrogen and oxygen atoms in total. The Morgan fingerprint density at radius 1 is 1.12 bits per heavy atom. The number of amides is 1. The Balaban J connectivity index is 1.88. The normalized spacial score (nSPS) is 10.7. The first-order valence-corrected chi connectivity index (χ1v) is 8.39. The predicted octanol–water partition coefficient (Wildman–Crippen LogP) is 4.52. The molecule has 2 aromatic carbocycles. The maximum atomic E-state index is 13.8. The fraction of sp³-hybridized carbons (Fsp3) is 0.0625. The third-order valence-corrected chi connectivity index (χ3v) is 4.83. The van der Waals surface area contributed by atoms with Crippen LogP contribution in [0.5, 0.6) is 0 Å². The Morgan fingerprint density at radius 3 is 2.54 bits per heavy atom. The van der Waals surface area contributed by atoms with Crippen LogP contribution < -0.4 is 4.90 Å². The van der Waals surface area contributed by atoms with Gasteiger partial charge >= 0.3 is 0 Å². The molecule has 0 unspecified atom stereocenters. The number of carbonyl (C=O) groups excluding carboxylic acids is 1. The van der Waals surface area contributed by atoms with Crippen LogP contribution in [-0.4, -0.2) is 23.2 Å². The van der Waals surface area contributed by atoms with E-state index < -0.39 is 17.5 Å². The van der Waals surface area contributed by atoms with Crippen LogP contribution in [0.25, 0.3) is 10.6 Å². The molecule has 0 fully saturated rings. The van der Waals surface area contributed by atoms with Gasteiger partial charge in [0, 0.05) is 17.1 Å². The molecule has 0 bridgehead atoms. The minimum absolute atomic E-state index is 0.293. The van der Waals surface area contributed by atoms with Crippen molar-refractivity contribution in [1.82, 2.24) is 10.2 Å². The van der Waals surface area contributed by atoms with E-state index in [0.717, 1.165) is 33.1 Å². The molecule has 24 heavy (non-hydrogen) atoms. The van der Waals surface area contributed by atoms with Gasteiger partial charge in [0.25, 0.3) is 5.91 Å². The van der Waals surface area contributed by atoms with Gasteiger partial charge in [-0.15, -0.1) is 10.2 Å². The molecule has 0 saturated heterocycles. The SMILES string of the molecule is CN(C(=O)c1cc(F)ccc1F)c1nnc(-c2ccc(Br)cc2)s1. The second kappa shape index (κ2) is 6.74. The van der Waals surface area contributed by atoms with Gasteiger partial charge < -0.3 is 0 Å². The molecule has 1 heterocycles. The Labute approximate surface area is 148 Å². The quantitative estimate of drug-likeness (QED) is 0.638. The lowest BCUT2D eigenvalue weighted by molar-refractivity contribution is 0.0988. The maximum Gasteiger partial charge on any atom is 0.262 e. The summed E-state index contributed by atoms with van der Waals surface area (Å²) in [5.74, 6) is -2.16. The van der Waals surface area contributed by atoms with Crippen molar-refractivity contribution < 1.29 is 13.6 Å². The number of anilines is 1. The van der Waals surface area contributed by atoms with E-state index in [-0.39, 0.29) is 5.56 Å². The lowest BCUT2D eigenvalue weighted by atomic mass is 10.2. The number of benzene rings is 2. The van der Waals surface area contributed by atoms with Gasteiger partial charge in [0.1, 0.15) is 16.6 Å². The number of aromatic nitrogens is 2. The summed E-state index contributed by atoms with van der Waals surface area (Å²) in [6, 6.07) is 10.2. The highest BCUT2D eigenvalue weighted by Crippen LogP contribution is 2.29. The number of hydrogen-bond donors (Lipinski definition) is 0. The second-order valence-corrected chi connectivity index (χ2v) is 6.76. The molecule has 3 rings (SSSR count). The summed E-state index contributed by atoms with van der Waals surface area (Å²) < 4.78 is 28.0. The van der Waals surface area contributed by atoms with Crippen LogP contribution >= 0.6 is 27.3 Å². The monoisotopic (exact) mass is 409 g/mol. The van der Waals surface area contributed by atoms with Gasteiger partial charge in [0.2, 0.25) is 5.13 Å². The van der Waals surface area contributed by atoms with Crippen molar-refractivity contribution in [1.29, 1.82) is 0 Å². The number of nitrogens with zero attached hydrogens (tertiary/aromatic N) is 3. The summed E-state index contributed by atoms with van der Waals surface area (Å²) in [4.78, 5) is 13.5. The molecule has 122 valence electrons. The van der Waals surface area contributed by atoms with Gasteiger partial charge in [-0.05, 0) is 30.3 Å². The molecule has 0 radical (unpaired) electrons. The van der Waals surface area contributed by atoms with Crippen molar-refractivity contribution in [2.75, 3.05) is 11.9 Å². The average molecular weight is 410 g/mol. The molecule has 0 aliphatic heterocycles. The summed E-state index contributed by atoms with van der Waals surface area (Å²) in [5.41, 5.74) is 0.498. The smallest absolute Gasteiger partial charge is 0.262 e. The topological polar surface area (TPSA) is 46.1 Å². The summed E-state index contributed by atoms with van der Waals surface area (Å²) in [5, 5.41) is 8.92. The second-order valence-electron chi connectivity index (χ2n) is 4.89. The van der Waals surface area contributed by atoms with Gasteiger partial charge in [-0.1, -0.05) is 39.4 Å². The highest BCUT2D eigenvalue weighted by atomic mass is 79.9. The first-order valence-electron chi connectivity index (χ1n) is 6.78. The van der Waals surface area contributed by atoms with E-state index in [0.29, 0.717) is 10.1 Å². The molecule has 0 spiro atoms. The van der Waals surface area contributed by atoms with Gasteiger partial charge in [-0.25, -0.2) is 8.78 Å². The average Bonchev–Trinajstić information content (AvgIpc) is 3.06. The third-order valence-electron chi connectivity index (χ3n) is 3.26. The van der Waals surface area contributed by atoms with E-state index in [1.807, 2.05) is 24.3 Å². The van der Waals surface area contributed by atoms with Crippen LogP contribution in [0.4, 0.5) is 13.9 Å². The Morgan fingerprint density at radius 2 is 1.83 bits per heavy atom. The fourth-order valence-electron chi connectivity index (χ4n) is 1.99. The zero-order chi connectivity index (χ0) is 17.3. The molecule has 0 N–H and O–H groups in total. The van der Waals surface area contributed by atoms with Gasteiger partial charge in [0.15, 0.2) is 0 Å². The zero-order valence-electron chi connectivity index (χ0n) is 12.3. The predicted molar refractivity (Wildman–Crippen MR) is 92.1 cm³/mol. The largest absolute Gasteiger partial charge is 0.286 e. The highest BCUT2D eigenvalue weighted by molar-refractivity contribution is 9.10. The summed E-state index contributed by atoms with van der Waals surface area (Å²) in [6.07, 6.45) is 0. The Hall–Kier alpha value is -2.19. The molecular weight excluding hydrogens is 400 g/mol. The van der Waals surface area contributed by atoms with E-state index >= 15 is 0 Å². The number of halogens is 3. The fourth-order valence-corrected chi connectivity index (χ4v) is 3.06. The van der Waals surface area contributed by atoms with Crippen molar-refractivity contribution in [2.24, 2.45) is 0 Å². The van der Waals surface area contributed by atoms with Crippen molar-refractivity contribution in [3.63, 3.8) is 0 Å². The third kappa shape index (κ3) is 3.34. The highest BCUT2D eigenvalue weighted by Gasteiger charge is 2.21. The van der Waals surface area contributed by atoms with Crippen molar-refractivity contribution in [3.8, 4) is 10.6 Å². The van der Waals surface area contributed by atoms with Crippen LogP contribution in [0.15, 0.2) is 46.9 Å². The number of carbonyl (C=O) groups is 1. The van der Waals surface area contributed by atoms with E-state index in [2.05, 4.69) is 26.1 Å². The first kappa shape index (κ1) is 16.7. The minimum atomic E-state index is -0.786. The maximum absolute atomic E-state index is 13.8. The lowest BCUT2D eigenvalue weighted by Crippen LogP contribution is -2.27. The van der Waals surface area contributed by atoms with Crippen LogP contribution in [0.3, 0.4) is 0 Å². The standard InChI is InChI=1S/C16H10BrF2N3OS/c1-22(15(23)12-8-11(18)6-7-13(12)19)16-21-20-14(24-16)9-2-4-10(17)5-3-9/h2-8H,1H3. The molecule has 0 aliphatic rings. The van der Waals surface area contributed by atoms with Crippen molar-refractivity contribution in [3.05, 3.63) is 64.1 Å². The summed E-state index contributed by atoms with van der Waals surface area (Å²) in [6.45, 7) is 0. The molecular formula is C16H10BrF2N3OS. The van der Waals surface area contributed by atoms with Crippen LogP contribution in [-0.2, 0) is 0 Å². The van der Waals surface area contributed by atoms with Crippen molar-refractivity contribution >= 4 is 38.3 Å². The zero-order valence-corrected chi connectivity index (χ0v) is 14.7. The molecule has 0 atom stereocenters. The van der Waals surface area contributed by atoms with Crippen LogP contribution in [0, 0.1) is 11.6 Å². The molecule has 1 amide bonds. The molecule has 0 saturated carbocycles. The van der Waals surface area contributed by atoms with E-state index in [4.69, 9.17) is 0 Å². The Kier molecular flexibility index (Phi) is 4.68. The lowest BCUT2D eigenvalue weighted by Gasteiger charge is -2.13. The number of hydrogen-bond acceptors (Lipinski definition) is 4. The molecule has 0 aliphatic carbocycles. The van der Waals surface area contributed by atoms with Gasteiger partial charge in [-0.3, -0.25) is 9.69 Å². The van der Waals surface area contributed by atoms with Gasteiger partial charge in [-0.2, -0.15) is 0 Å². The van der Waals surface area contributed by atoms with E-state index in [1.165, 1.54) is 18.4 Å². The van der Waals surface area contributed by atoms with Crippen LogP contribution in [0.1, 0.15) is 10.4 Å². The molecule has 8 heteroatoms. The van der Waals surface area contributed by atoms with Crippen molar-refractivity contribution in [2.45, 2.75) is 0 Å². The Bertz CT molecular complexity index is 899. The van der Waals surface area contributed by atoms with Gasteiger partial charge in [0.05, 0.1) is 5.56 Å².